The van der Waals surface area contributed by atoms with Gasteiger partial charge in [-0.3, -0.25) is 9.59 Å². The number of carboxylic acid groups (broad SMARTS) is 1. The summed E-state index contributed by atoms with van der Waals surface area (Å²) in [6.45, 7) is 4.42. The van der Waals surface area contributed by atoms with E-state index in [2.05, 4.69) is 5.10 Å². The predicted octanol–water partition coefficient (Wildman–Crippen LogP) is 1.09. The minimum absolute atomic E-state index is 0. The molecule has 39 heavy (non-hydrogen) atoms. The van der Waals surface area contributed by atoms with Gasteiger partial charge < -0.3 is 21.6 Å². The average Bonchev–Trinajstić information content (AvgIpc) is 3.26. The molecule has 8 nitrogen and oxygen atoms in total. The molecule has 0 aliphatic rings. The van der Waals surface area contributed by atoms with Crippen LogP contribution in [0.1, 0.15) is 67.8 Å². The number of carbonyl (C=O) groups is 2. The van der Waals surface area contributed by atoms with Crippen molar-refractivity contribution in [1.29, 1.82) is 0 Å². The number of aliphatic hydroxyl groups is 2. The van der Waals surface area contributed by atoms with Crippen LogP contribution in [-0.2, 0) is 17.6 Å². The van der Waals surface area contributed by atoms with Gasteiger partial charge in [0.1, 0.15) is 5.82 Å². The van der Waals surface area contributed by atoms with Crippen molar-refractivity contribution >= 4 is 11.9 Å². The molecule has 0 saturated heterocycles. The molecule has 206 valence electrons. The third-order valence-electron chi connectivity index (χ3n) is 6.47. The number of carboxylic acids is 1. The summed E-state index contributed by atoms with van der Waals surface area (Å²) in [6.07, 6.45) is -1.41. The number of nitrogens with zero attached hydrogens (tertiary/aromatic N) is 3. The molecule has 1 heterocycles. The van der Waals surface area contributed by atoms with E-state index in [0.29, 0.717) is 36.5 Å². The number of aliphatic hydroxyl groups excluding tert-OH is 2. The van der Waals surface area contributed by atoms with Crippen molar-refractivity contribution in [1.82, 2.24) is 14.7 Å². The monoisotopic (exact) mass is 549 g/mol. The minimum atomic E-state index is -1.16. The van der Waals surface area contributed by atoms with Crippen molar-refractivity contribution in [3.8, 4) is 5.69 Å². The van der Waals surface area contributed by atoms with Crippen molar-refractivity contribution in [2.24, 2.45) is 0 Å². The number of benzene rings is 2. The SMILES string of the molecule is CC(C)c1c(C(=O)N(C)CCc2ccccc2)nn(-c2ccc(F)cc2)c1CC[C@@H](O)C[C@@H](O)CC(=O)O.[H-].[Na+]. The van der Waals surface area contributed by atoms with Gasteiger partial charge in [-0.2, -0.15) is 5.10 Å². The summed E-state index contributed by atoms with van der Waals surface area (Å²) < 4.78 is 15.3. The zero-order valence-electron chi connectivity index (χ0n) is 24.0. The van der Waals surface area contributed by atoms with Gasteiger partial charge >= 0.3 is 35.5 Å². The van der Waals surface area contributed by atoms with Crippen LogP contribution >= 0.6 is 0 Å². The van der Waals surface area contributed by atoms with E-state index in [1.54, 1.807) is 28.8 Å². The van der Waals surface area contributed by atoms with E-state index in [-0.39, 0.29) is 55.7 Å². The molecule has 10 heteroatoms. The third-order valence-corrected chi connectivity index (χ3v) is 6.47. The van der Waals surface area contributed by atoms with Gasteiger partial charge in [-0.25, -0.2) is 9.07 Å². The van der Waals surface area contributed by atoms with E-state index in [1.807, 2.05) is 44.2 Å². The second-order valence-corrected chi connectivity index (χ2v) is 9.89. The second-order valence-electron chi connectivity index (χ2n) is 9.89. The smallest absolute Gasteiger partial charge is 1.00 e. The van der Waals surface area contributed by atoms with Crippen LogP contribution in [0.15, 0.2) is 54.6 Å². The summed E-state index contributed by atoms with van der Waals surface area (Å²) in [5.41, 5.74) is 3.44. The van der Waals surface area contributed by atoms with Gasteiger partial charge in [0.2, 0.25) is 0 Å². The molecule has 2 atom stereocenters. The van der Waals surface area contributed by atoms with Gasteiger partial charge in [0.25, 0.3) is 5.91 Å². The Morgan fingerprint density at radius 2 is 1.67 bits per heavy atom. The Kier molecular flexibility index (Phi) is 12.8. The first kappa shape index (κ1) is 32.7. The van der Waals surface area contributed by atoms with Gasteiger partial charge in [-0.15, -0.1) is 0 Å². The Morgan fingerprint density at radius 3 is 2.26 bits per heavy atom. The Bertz CT molecular complexity index is 1220. The molecule has 0 saturated carbocycles. The van der Waals surface area contributed by atoms with E-state index < -0.39 is 30.4 Å². The Balaban J connectivity index is 0.00000400. The number of halogens is 1. The Labute approximate surface area is 252 Å². The molecule has 1 aromatic heterocycles. The average molecular weight is 550 g/mol. The fourth-order valence-corrected chi connectivity index (χ4v) is 4.51. The van der Waals surface area contributed by atoms with Crippen LogP contribution < -0.4 is 29.6 Å². The van der Waals surface area contributed by atoms with Gasteiger partial charge in [0, 0.05) is 24.8 Å². The number of hydrogen-bond acceptors (Lipinski definition) is 5. The van der Waals surface area contributed by atoms with Crippen LogP contribution in [0.3, 0.4) is 0 Å². The molecule has 0 bridgehead atoms. The maximum Gasteiger partial charge on any atom is 1.00 e. The summed E-state index contributed by atoms with van der Waals surface area (Å²) in [7, 11) is 1.74. The van der Waals surface area contributed by atoms with Crippen LogP contribution in [-0.4, -0.2) is 67.7 Å². The van der Waals surface area contributed by atoms with E-state index in [0.717, 1.165) is 11.1 Å². The first-order valence-electron chi connectivity index (χ1n) is 12.8. The number of carbonyl (C=O) groups excluding carboxylic acids is 1. The molecule has 3 rings (SSSR count). The molecule has 2 aromatic carbocycles. The molecule has 0 spiro atoms. The van der Waals surface area contributed by atoms with Crippen LogP contribution in [0.25, 0.3) is 5.69 Å². The number of rotatable bonds is 13. The summed E-state index contributed by atoms with van der Waals surface area (Å²) in [5, 5.41) is 34.0. The van der Waals surface area contributed by atoms with Gasteiger partial charge in [-0.1, -0.05) is 44.2 Å². The van der Waals surface area contributed by atoms with Crippen LogP contribution in [0, 0.1) is 5.82 Å². The fraction of sp³-hybridized carbons (Fsp3) is 0.414. The summed E-state index contributed by atoms with van der Waals surface area (Å²) >= 11 is 0. The molecule has 0 aliphatic carbocycles. The van der Waals surface area contributed by atoms with Crippen molar-refractivity contribution in [3.05, 3.63) is 82.9 Å². The van der Waals surface area contributed by atoms with E-state index >= 15 is 0 Å². The van der Waals surface area contributed by atoms with E-state index in [4.69, 9.17) is 5.11 Å². The first-order valence-corrected chi connectivity index (χ1v) is 12.8. The predicted molar refractivity (Wildman–Crippen MR) is 143 cm³/mol. The Hall–Kier alpha value is -2.56. The van der Waals surface area contributed by atoms with Crippen molar-refractivity contribution in [2.45, 2.75) is 64.1 Å². The van der Waals surface area contributed by atoms with Gasteiger partial charge in [0.15, 0.2) is 5.69 Å². The number of amides is 1. The first-order chi connectivity index (χ1) is 18.1. The quantitative estimate of drug-likeness (QED) is 0.275. The van der Waals surface area contributed by atoms with Crippen molar-refractivity contribution < 1.29 is 60.3 Å². The number of likely N-dealkylation sites (N-methyl/N-ethyl adjacent to an activating group) is 1. The molecule has 1 amide bonds. The largest absolute Gasteiger partial charge is 1.00 e. The zero-order valence-corrected chi connectivity index (χ0v) is 25.0. The van der Waals surface area contributed by atoms with Crippen LogP contribution in [0.2, 0.25) is 0 Å². The third kappa shape index (κ3) is 9.25. The van der Waals surface area contributed by atoms with Gasteiger partial charge in [-0.05, 0) is 61.4 Å². The maximum absolute atomic E-state index is 13.7. The fourth-order valence-electron chi connectivity index (χ4n) is 4.51. The molecular formula is C29H37FN3NaO5. The van der Waals surface area contributed by atoms with Crippen molar-refractivity contribution in [3.63, 3.8) is 0 Å². The normalized spacial score (nSPS) is 12.6. The number of aromatic nitrogens is 2. The number of aliphatic carboxylic acids is 1. The van der Waals surface area contributed by atoms with Crippen LogP contribution in [0.4, 0.5) is 4.39 Å². The zero-order chi connectivity index (χ0) is 27.8. The summed E-state index contributed by atoms with van der Waals surface area (Å²) in [5.74, 6) is -1.84. The topological polar surface area (TPSA) is 116 Å². The molecule has 0 fully saturated rings. The van der Waals surface area contributed by atoms with E-state index in [9.17, 15) is 24.2 Å². The summed E-state index contributed by atoms with van der Waals surface area (Å²) in [6, 6.07) is 15.7. The molecule has 0 radical (unpaired) electrons. The van der Waals surface area contributed by atoms with Crippen LogP contribution in [0.5, 0.6) is 0 Å². The molecule has 3 aromatic rings. The van der Waals surface area contributed by atoms with E-state index in [1.165, 1.54) is 12.1 Å². The summed E-state index contributed by atoms with van der Waals surface area (Å²) in [4.78, 5) is 26.1. The molecule has 0 unspecified atom stereocenters. The Morgan fingerprint density at radius 1 is 1.03 bits per heavy atom. The standard InChI is InChI=1S/C29H36FN3O5.Na.H/c1-19(2)27-25(14-13-23(34)17-24(35)18-26(36)37)33(22-11-9-21(30)10-12-22)31-28(27)29(38)32(3)16-15-20-7-5-4-6-8-20;;/h4-12,19,23-24,34-35H,13-18H2,1-3H3,(H,36,37);;/q;+1;-1/t23-,24-;;/m1../s1. The molecular weight excluding hydrogens is 512 g/mol. The second kappa shape index (κ2) is 15.3. The van der Waals surface area contributed by atoms with Crippen molar-refractivity contribution in [2.75, 3.05) is 13.6 Å². The maximum atomic E-state index is 13.7. The van der Waals surface area contributed by atoms with Gasteiger partial charge in [0.05, 0.1) is 24.3 Å². The molecule has 3 N–H and O–H groups in total. The number of hydrogen-bond donors (Lipinski definition) is 3. The molecule has 0 aliphatic heterocycles. The minimum Gasteiger partial charge on any atom is -1.00 e.